The number of carbonyl (C=O) groups excluding carboxylic acids is 1. The van der Waals surface area contributed by atoms with Gasteiger partial charge in [0.05, 0.1) is 0 Å². The van der Waals surface area contributed by atoms with Crippen LogP contribution in [0.5, 0.6) is 0 Å². The highest BCUT2D eigenvalue weighted by atomic mass is 16.1. The van der Waals surface area contributed by atoms with Gasteiger partial charge in [-0.25, -0.2) is 0 Å². The molecule has 0 bridgehead atoms. The van der Waals surface area contributed by atoms with Crippen LogP contribution in [0.15, 0.2) is 84.9 Å². The number of aromatic amines is 1. The fourth-order valence-electron chi connectivity index (χ4n) is 3.18. The molecule has 0 aliphatic heterocycles. The molecule has 4 aromatic rings. The number of H-pyrrole nitrogens is 1. The Kier molecular flexibility index (Phi) is 5.20. The molecule has 6 nitrogen and oxygen atoms in total. The molecule has 3 aromatic carbocycles. The number of nitrogens with one attached hydrogen (secondary N) is 2. The Morgan fingerprint density at radius 3 is 2.18 bits per heavy atom. The number of hydrogen-bond acceptors (Lipinski definition) is 4. The van der Waals surface area contributed by atoms with E-state index in [0.717, 1.165) is 16.7 Å². The number of aromatic nitrogens is 4. The van der Waals surface area contributed by atoms with Crippen molar-refractivity contribution in [2.45, 2.75) is 5.92 Å². The van der Waals surface area contributed by atoms with Crippen LogP contribution in [0, 0.1) is 0 Å². The molecule has 1 aromatic heterocycles. The van der Waals surface area contributed by atoms with Crippen LogP contribution in [-0.4, -0.2) is 33.1 Å². The lowest BCUT2D eigenvalue weighted by Gasteiger charge is -2.19. The van der Waals surface area contributed by atoms with Crippen LogP contribution in [0.3, 0.4) is 0 Å². The first-order chi connectivity index (χ1) is 13.8. The molecule has 0 aliphatic carbocycles. The van der Waals surface area contributed by atoms with Crippen LogP contribution in [-0.2, 0) is 0 Å². The number of benzene rings is 3. The highest BCUT2D eigenvalue weighted by Crippen LogP contribution is 2.24. The normalized spacial score (nSPS) is 10.8. The first kappa shape index (κ1) is 17.6. The third-order valence-electron chi connectivity index (χ3n) is 4.60. The standard InChI is InChI=1S/C22H19N5O/c28-22(19-13-7-12-18(14-19)21-24-26-27-25-21)23-15-20(16-8-3-1-4-9-16)17-10-5-2-6-11-17/h1-14,20H,15H2,(H,23,28)(H,24,25,26,27). The van der Waals surface area contributed by atoms with Crippen molar-refractivity contribution < 1.29 is 4.79 Å². The molecule has 0 aliphatic rings. The molecule has 0 radical (unpaired) electrons. The summed E-state index contributed by atoms with van der Waals surface area (Å²) in [6.07, 6.45) is 0. The van der Waals surface area contributed by atoms with Crippen LogP contribution < -0.4 is 5.32 Å². The zero-order chi connectivity index (χ0) is 19.2. The number of rotatable bonds is 6. The molecular weight excluding hydrogens is 350 g/mol. The van der Waals surface area contributed by atoms with Crippen molar-refractivity contribution in [2.75, 3.05) is 6.54 Å². The van der Waals surface area contributed by atoms with Gasteiger partial charge in [0.1, 0.15) is 0 Å². The number of hydrogen-bond donors (Lipinski definition) is 2. The SMILES string of the molecule is O=C(NCC(c1ccccc1)c1ccccc1)c1cccc(-c2nn[nH]n2)c1. The Hall–Kier alpha value is -3.80. The second-order valence-corrected chi connectivity index (χ2v) is 6.40. The Morgan fingerprint density at radius 2 is 1.57 bits per heavy atom. The van der Waals surface area contributed by atoms with Crippen molar-refractivity contribution >= 4 is 5.91 Å². The number of carbonyl (C=O) groups is 1. The fraction of sp³-hybridized carbons (Fsp3) is 0.0909. The summed E-state index contributed by atoms with van der Waals surface area (Å²) in [7, 11) is 0. The van der Waals surface area contributed by atoms with Crippen LogP contribution in [0.25, 0.3) is 11.4 Å². The van der Waals surface area contributed by atoms with Crippen LogP contribution in [0.4, 0.5) is 0 Å². The van der Waals surface area contributed by atoms with Crippen LogP contribution in [0.2, 0.25) is 0 Å². The summed E-state index contributed by atoms with van der Waals surface area (Å²) in [5, 5.41) is 17.0. The Balaban J connectivity index is 1.53. The fourth-order valence-corrected chi connectivity index (χ4v) is 3.18. The Bertz CT molecular complexity index is 993. The first-order valence-corrected chi connectivity index (χ1v) is 9.03. The lowest BCUT2D eigenvalue weighted by atomic mass is 9.91. The average Bonchev–Trinajstić information content (AvgIpc) is 3.30. The molecule has 138 valence electrons. The molecule has 0 unspecified atom stereocenters. The van der Waals surface area contributed by atoms with Crippen molar-refractivity contribution in [2.24, 2.45) is 0 Å². The average molecular weight is 369 g/mol. The minimum absolute atomic E-state index is 0.0757. The lowest BCUT2D eigenvalue weighted by molar-refractivity contribution is 0.0952. The van der Waals surface area contributed by atoms with Crippen molar-refractivity contribution in [1.82, 2.24) is 25.9 Å². The zero-order valence-corrected chi connectivity index (χ0v) is 15.1. The van der Waals surface area contributed by atoms with Crippen molar-refractivity contribution in [3.8, 4) is 11.4 Å². The summed E-state index contributed by atoms with van der Waals surface area (Å²) in [5.41, 5.74) is 3.62. The molecule has 0 fully saturated rings. The number of amides is 1. The number of tetrazole rings is 1. The molecular formula is C22H19N5O. The van der Waals surface area contributed by atoms with Gasteiger partial charge in [-0.3, -0.25) is 4.79 Å². The summed E-state index contributed by atoms with van der Waals surface area (Å²) in [4.78, 5) is 12.8. The second-order valence-electron chi connectivity index (χ2n) is 6.40. The monoisotopic (exact) mass is 369 g/mol. The van der Waals surface area contributed by atoms with Gasteiger partial charge in [0.15, 0.2) is 0 Å². The molecule has 0 spiro atoms. The minimum Gasteiger partial charge on any atom is -0.351 e. The maximum absolute atomic E-state index is 12.8. The smallest absolute Gasteiger partial charge is 0.251 e. The molecule has 2 N–H and O–H groups in total. The van der Waals surface area contributed by atoms with Gasteiger partial charge in [0.2, 0.25) is 5.82 Å². The maximum Gasteiger partial charge on any atom is 0.251 e. The summed E-state index contributed by atoms with van der Waals surface area (Å²) in [6, 6.07) is 27.6. The summed E-state index contributed by atoms with van der Waals surface area (Å²) in [6.45, 7) is 0.499. The van der Waals surface area contributed by atoms with Gasteiger partial charge in [0, 0.05) is 23.6 Å². The largest absolute Gasteiger partial charge is 0.351 e. The van der Waals surface area contributed by atoms with Crippen LogP contribution in [0.1, 0.15) is 27.4 Å². The van der Waals surface area contributed by atoms with E-state index in [9.17, 15) is 4.79 Å². The van der Waals surface area contributed by atoms with Gasteiger partial charge in [-0.1, -0.05) is 72.8 Å². The van der Waals surface area contributed by atoms with E-state index >= 15 is 0 Å². The summed E-state index contributed by atoms with van der Waals surface area (Å²) >= 11 is 0. The summed E-state index contributed by atoms with van der Waals surface area (Å²) in [5.74, 6) is 0.398. The lowest BCUT2D eigenvalue weighted by Crippen LogP contribution is -2.29. The highest BCUT2D eigenvalue weighted by molar-refractivity contribution is 5.95. The van der Waals surface area contributed by atoms with E-state index in [2.05, 4.69) is 50.2 Å². The van der Waals surface area contributed by atoms with Gasteiger partial charge in [-0.15, -0.1) is 10.2 Å². The van der Waals surface area contributed by atoms with Gasteiger partial charge >= 0.3 is 0 Å². The van der Waals surface area contributed by atoms with E-state index in [1.54, 1.807) is 12.1 Å². The molecule has 0 atom stereocenters. The molecule has 6 heteroatoms. The van der Waals surface area contributed by atoms with Crippen LogP contribution >= 0.6 is 0 Å². The van der Waals surface area contributed by atoms with E-state index in [1.165, 1.54) is 0 Å². The van der Waals surface area contributed by atoms with E-state index in [-0.39, 0.29) is 11.8 Å². The maximum atomic E-state index is 12.8. The zero-order valence-electron chi connectivity index (χ0n) is 15.1. The van der Waals surface area contributed by atoms with E-state index in [1.807, 2.05) is 48.5 Å². The predicted molar refractivity (Wildman–Crippen MR) is 107 cm³/mol. The third-order valence-corrected chi connectivity index (χ3v) is 4.60. The van der Waals surface area contributed by atoms with Gasteiger partial charge in [-0.2, -0.15) is 5.21 Å². The second kappa shape index (κ2) is 8.26. The third kappa shape index (κ3) is 3.96. The van der Waals surface area contributed by atoms with Gasteiger partial charge in [0.25, 0.3) is 5.91 Å². The van der Waals surface area contributed by atoms with Crippen molar-refractivity contribution in [3.63, 3.8) is 0 Å². The Labute approximate surface area is 162 Å². The van der Waals surface area contributed by atoms with Gasteiger partial charge < -0.3 is 5.32 Å². The topological polar surface area (TPSA) is 83.6 Å². The highest BCUT2D eigenvalue weighted by Gasteiger charge is 2.16. The molecule has 4 rings (SSSR count). The summed E-state index contributed by atoms with van der Waals surface area (Å²) < 4.78 is 0. The Morgan fingerprint density at radius 1 is 0.893 bits per heavy atom. The molecule has 28 heavy (non-hydrogen) atoms. The molecule has 1 heterocycles. The minimum atomic E-state index is -0.137. The first-order valence-electron chi connectivity index (χ1n) is 9.03. The quantitative estimate of drug-likeness (QED) is 0.545. The number of nitrogens with zero attached hydrogens (tertiary/aromatic N) is 3. The van der Waals surface area contributed by atoms with Gasteiger partial charge in [-0.05, 0) is 28.5 Å². The van der Waals surface area contributed by atoms with Crippen molar-refractivity contribution in [3.05, 3.63) is 102 Å². The van der Waals surface area contributed by atoms with E-state index in [4.69, 9.17) is 0 Å². The molecule has 1 amide bonds. The predicted octanol–water partition coefficient (Wildman–Crippen LogP) is 3.43. The molecule has 0 saturated heterocycles. The molecule has 0 saturated carbocycles. The van der Waals surface area contributed by atoms with E-state index in [0.29, 0.717) is 17.9 Å². The van der Waals surface area contributed by atoms with E-state index < -0.39 is 0 Å². The van der Waals surface area contributed by atoms with Crippen molar-refractivity contribution in [1.29, 1.82) is 0 Å².